The topological polar surface area (TPSA) is 76.7 Å². The summed E-state index contributed by atoms with van der Waals surface area (Å²) in [6.45, 7) is 16.6. The van der Waals surface area contributed by atoms with E-state index in [-0.39, 0.29) is 29.1 Å². The highest BCUT2D eigenvalue weighted by atomic mass is 16.6. The average Bonchev–Trinajstić information content (AvgIpc) is 3.16. The number of carbonyl (C=O) groups excluding carboxylic acids is 2. The molecule has 1 saturated carbocycles. The van der Waals surface area contributed by atoms with Crippen LogP contribution in [0.5, 0.6) is 0 Å². The zero-order valence-electron chi connectivity index (χ0n) is 42.0. The summed E-state index contributed by atoms with van der Waals surface area (Å²) in [5.74, 6) is 0. The van der Waals surface area contributed by atoms with Gasteiger partial charge in [-0.2, -0.15) is 0 Å². The van der Waals surface area contributed by atoms with Crippen LogP contribution >= 0.6 is 0 Å². The van der Waals surface area contributed by atoms with Crippen LogP contribution < -0.4 is 10.6 Å². The molecule has 1 aliphatic rings. The van der Waals surface area contributed by atoms with E-state index in [1.165, 1.54) is 180 Å². The van der Waals surface area contributed by atoms with Crippen molar-refractivity contribution in [1.82, 2.24) is 10.6 Å². The molecular formula is C52H106N4O4+2. The van der Waals surface area contributed by atoms with E-state index in [4.69, 9.17) is 9.47 Å². The maximum absolute atomic E-state index is 12.9. The Labute approximate surface area is 374 Å². The maximum atomic E-state index is 12.9. The number of nitrogens with one attached hydrogen (secondary N) is 2. The van der Waals surface area contributed by atoms with E-state index >= 15 is 0 Å². The third-order valence-corrected chi connectivity index (χ3v) is 13.5. The molecule has 1 fully saturated rings. The summed E-state index contributed by atoms with van der Waals surface area (Å²) in [4.78, 5) is 25.7. The van der Waals surface area contributed by atoms with Gasteiger partial charge in [-0.25, -0.2) is 9.59 Å². The Hall–Kier alpha value is -1.54. The molecule has 0 aromatic carbocycles. The smallest absolute Gasteiger partial charge is 0.407 e. The van der Waals surface area contributed by atoms with Gasteiger partial charge < -0.3 is 29.1 Å². The summed E-state index contributed by atoms with van der Waals surface area (Å²) < 4.78 is 13.1. The molecule has 0 heterocycles. The molecule has 60 heavy (non-hydrogen) atoms. The minimum atomic E-state index is -0.338. The summed E-state index contributed by atoms with van der Waals surface area (Å²) in [6, 6.07) is 0.00937. The minimum absolute atomic E-state index is 0.00937. The van der Waals surface area contributed by atoms with Crippen molar-refractivity contribution in [3.63, 3.8) is 0 Å². The van der Waals surface area contributed by atoms with E-state index in [1.807, 2.05) is 0 Å². The van der Waals surface area contributed by atoms with Gasteiger partial charge in [0, 0.05) is 12.6 Å². The van der Waals surface area contributed by atoms with Gasteiger partial charge in [0.15, 0.2) is 0 Å². The summed E-state index contributed by atoms with van der Waals surface area (Å²) in [5, 5.41) is 6.26. The third kappa shape index (κ3) is 33.1. The Morgan fingerprint density at radius 2 is 0.817 bits per heavy atom. The first-order chi connectivity index (χ1) is 28.6. The molecule has 1 rings (SSSR count). The predicted octanol–water partition coefficient (Wildman–Crippen LogP) is 14.1. The fourth-order valence-corrected chi connectivity index (χ4v) is 9.88. The van der Waals surface area contributed by atoms with Crippen LogP contribution in [0.1, 0.15) is 234 Å². The van der Waals surface area contributed by atoms with E-state index in [2.05, 4.69) is 73.4 Å². The summed E-state index contributed by atoms with van der Waals surface area (Å²) in [6.07, 6.45) is 40.6. The number of unbranched alkanes of at least 4 members (excludes halogenated alkanes) is 26. The lowest BCUT2D eigenvalue weighted by atomic mass is 9.62. The first-order valence-electron chi connectivity index (χ1n) is 26.1. The molecule has 356 valence electrons. The van der Waals surface area contributed by atoms with Crippen molar-refractivity contribution < 1.29 is 28.0 Å². The number of carbonyl (C=O) groups is 2. The molecule has 0 aromatic rings. The second-order valence-corrected chi connectivity index (χ2v) is 22.0. The first-order valence-corrected chi connectivity index (χ1v) is 26.1. The molecule has 1 aliphatic carbocycles. The average molecular weight is 851 g/mol. The van der Waals surface area contributed by atoms with Crippen molar-refractivity contribution in [3.8, 4) is 0 Å². The van der Waals surface area contributed by atoms with Gasteiger partial charge in [0.1, 0.15) is 26.3 Å². The summed E-state index contributed by atoms with van der Waals surface area (Å²) in [7, 11) is 8.99. The van der Waals surface area contributed by atoms with E-state index in [9.17, 15) is 9.59 Å². The lowest BCUT2D eigenvalue weighted by Crippen LogP contribution is -2.51. The predicted molar refractivity (Wildman–Crippen MR) is 258 cm³/mol. The second-order valence-electron chi connectivity index (χ2n) is 22.0. The van der Waals surface area contributed by atoms with Crippen LogP contribution in [-0.4, -0.2) is 101 Å². The number of hydrogen-bond acceptors (Lipinski definition) is 4. The largest absolute Gasteiger partial charge is 0.444 e. The van der Waals surface area contributed by atoms with E-state index in [0.717, 1.165) is 54.4 Å². The van der Waals surface area contributed by atoms with Gasteiger partial charge in [0.05, 0.1) is 41.3 Å². The molecule has 8 nitrogen and oxygen atoms in total. The SMILES string of the molecule is CCCCCCCCCCCCCCCC[N+](C)(C)CCOC(=O)NCC1(C)CC(NC(=O)OCC[N+](C)(C)CCCCCCCCCCCCCCCC)CC(C)(C)C1. The number of alkyl carbamates (subject to hydrolysis) is 2. The molecular weight excluding hydrogens is 745 g/mol. The first kappa shape index (κ1) is 56.5. The quantitative estimate of drug-likeness (QED) is 0.0477. The number of ether oxygens (including phenoxy) is 2. The van der Waals surface area contributed by atoms with E-state index in [0.29, 0.717) is 19.8 Å². The zero-order valence-corrected chi connectivity index (χ0v) is 42.0. The van der Waals surface area contributed by atoms with Crippen LogP contribution in [0.2, 0.25) is 0 Å². The van der Waals surface area contributed by atoms with Crippen molar-refractivity contribution in [2.75, 3.05) is 74.1 Å². The van der Waals surface area contributed by atoms with Gasteiger partial charge in [-0.3, -0.25) is 0 Å². The molecule has 0 bridgehead atoms. The number of amides is 2. The Morgan fingerprint density at radius 3 is 1.18 bits per heavy atom. The normalized spacial score (nSPS) is 18.1. The van der Waals surface area contributed by atoms with E-state index < -0.39 is 0 Å². The molecule has 2 unspecified atom stereocenters. The highest BCUT2D eigenvalue weighted by Gasteiger charge is 2.42. The van der Waals surface area contributed by atoms with Crippen LogP contribution in [0.4, 0.5) is 9.59 Å². The lowest BCUT2D eigenvalue weighted by Gasteiger charge is -2.46. The molecule has 2 N–H and O–H groups in total. The fraction of sp³-hybridized carbons (Fsp3) is 0.962. The van der Waals surface area contributed by atoms with Crippen molar-refractivity contribution in [2.45, 2.75) is 240 Å². The van der Waals surface area contributed by atoms with Gasteiger partial charge in [0.25, 0.3) is 0 Å². The minimum Gasteiger partial charge on any atom is -0.444 e. The number of quaternary nitrogens is 2. The molecule has 8 heteroatoms. The van der Waals surface area contributed by atoms with Crippen LogP contribution in [0.25, 0.3) is 0 Å². The van der Waals surface area contributed by atoms with Crippen molar-refractivity contribution in [2.24, 2.45) is 10.8 Å². The summed E-state index contributed by atoms with van der Waals surface area (Å²) in [5.41, 5.74) is -0.105. The van der Waals surface area contributed by atoms with Gasteiger partial charge in [-0.1, -0.05) is 189 Å². The van der Waals surface area contributed by atoms with Gasteiger partial charge in [0.2, 0.25) is 0 Å². The van der Waals surface area contributed by atoms with Crippen LogP contribution in [-0.2, 0) is 9.47 Å². The molecule has 0 saturated heterocycles. The molecule has 0 aromatic heterocycles. The highest BCUT2D eigenvalue weighted by molar-refractivity contribution is 5.68. The monoisotopic (exact) mass is 851 g/mol. The standard InChI is InChI=1S/C52H104N4O4/c1-10-12-14-16-18-20-22-24-26-28-30-32-34-36-38-55(6,7)40-42-59-49(57)53-47-52(5)45-48(44-51(3,4)46-52)54-50(58)60-43-41-56(8,9)39-37-35-33-31-29-27-25-23-21-19-17-15-13-11-2/h48H,10-47H2,1-9H3/p+2. The Balaban J connectivity index is 2.19. The van der Waals surface area contributed by atoms with Crippen molar-refractivity contribution >= 4 is 12.2 Å². The third-order valence-electron chi connectivity index (χ3n) is 13.5. The highest BCUT2D eigenvalue weighted by Crippen LogP contribution is 2.45. The molecule has 0 spiro atoms. The van der Waals surface area contributed by atoms with Gasteiger partial charge in [-0.15, -0.1) is 0 Å². The molecule has 0 radical (unpaired) electrons. The molecule has 2 atom stereocenters. The van der Waals surface area contributed by atoms with E-state index in [1.54, 1.807) is 0 Å². The second kappa shape index (κ2) is 33.9. The van der Waals surface area contributed by atoms with Crippen LogP contribution in [0.3, 0.4) is 0 Å². The zero-order chi connectivity index (χ0) is 44.4. The van der Waals surface area contributed by atoms with Gasteiger partial charge in [-0.05, 0) is 55.8 Å². The van der Waals surface area contributed by atoms with Gasteiger partial charge >= 0.3 is 12.2 Å². The Kier molecular flexibility index (Phi) is 31.9. The number of rotatable bonds is 39. The Bertz CT molecular complexity index is 1050. The lowest BCUT2D eigenvalue weighted by molar-refractivity contribution is -0.890. The number of nitrogens with zero attached hydrogens (tertiary/aromatic N) is 2. The Morgan fingerprint density at radius 1 is 0.483 bits per heavy atom. The van der Waals surface area contributed by atoms with Crippen molar-refractivity contribution in [1.29, 1.82) is 0 Å². The van der Waals surface area contributed by atoms with Crippen molar-refractivity contribution in [3.05, 3.63) is 0 Å². The van der Waals surface area contributed by atoms with Crippen LogP contribution in [0, 0.1) is 10.8 Å². The molecule has 0 aliphatic heterocycles. The number of likely N-dealkylation sites (N-methyl/N-ethyl adjacent to an activating group) is 2. The summed E-state index contributed by atoms with van der Waals surface area (Å²) >= 11 is 0. The molecule has 2 amide bonds. The van der Waals surface area contributed by atoms with Crippen LogP contribution in [0.15, 0.2) is 0 Å². The maximum Gasteiger partial charge on any atom is 0.407 e. The fourth-order valence-electron chi connectivity index (χ4n) is 9.88. The number of hydrogen-bond donors (Lipinski definition) is 2.